The van der Waals surface area contributed by atoms with Crippen molar-refractivity contribution in [1.29, 1.82) is 0 Å². The molecule has 2 rings (SSSR count). The molecule has 5 nitrogen and oxygen atoms in total. The lowest BCUT2D eigenvalue weighted by Gasteiger charge is -2.23. The predicted octanol–water partition coefficient (Wildman–Crippen LogP) is 2.19. The molecule has 0 saturated carbocycles. The molecule has 0 fully saturated rings. The smallest absolute Gasteiger partial charge is 0.236 e. The van der Waals surface area contributed by atoms with Crippen LogP contribution >= 0.6 is 0 Å². The highest BCUT2D eigenvalue weighted by molar-refractivity contribution is 5.78. The Balaban J connectivity index is 2.17. The third-order valence-corrected chi connectivity index (χ3v) is 3.54. The Kier molecular flexibility index (Phi) is 6.00. The number of nitrogens with zero attached hydrogens (tertiary/aromatic N) is 1. The van der Waals surface area contributed by atoms with Gasteiger partial charge in [0.25, 0.3) is 0 Å². The van der Waals surface area contributed by atoms with Crippen molar-refractivity contribution in [2.75, 3.05) is 20.8 Å². The number of hydrogen-bond donors (Lipinski definition) is 1. The first kappa shape index (κ1) is 16.8. The molecule has 0 spiro atoms. The highest BCUT2D eigenvalue weighted by Gasteiger charge is 2.14. The van der Waals surface area contributed by atoms with E-state index in [1.165, 1.54) is 0 Å². The monoisotopic (exact) mass is 314 g/mol. The molecule has 0 unspecified atom stereocenters. The molecule has 0 aliphatic carbocycles. The summed E-state index contributed by atoms with van der Waals surface area (Å²) in [5.74, 6) is 1.43. The maximum absolute atomic E-state index is 12.2. The van der Waals surface area contributed by atoms with Crippen LogP contribution in [0.4, 0.5) is 0 Å². The number of amides is 1. The summed E-state index contributed by atoms with van der Waals surface area (Å²) < 4.78 is 10.5. The molecule has 122 valence electrons. The van der Waals surface area contributed by atoms with Crippen LogP contribution in [-0.2, 0) is 17.9 Å². The molecule has 2 aromatic rings. The van der Waals surface area contributed by atoms with Crippen LogP contribution in [0, 0.1) is 0 Å². The molecule has 1 amide bonds. The standard InChI is InChI=1S/C18H22N2O3/c1-22-16-7-3-5-14(9-16)12-20(18(21)11-19)13-15-6-4-8-17(10-15)23-2/h3-10H,11-13,19H2,1-2H3. The topological polar surface area (TPSA) is 64.8 Å². The van der Waals surface area contributed by atoms with Crippen molar-refractivity contribution >= 4 is 5.91 Å². The zero-order chi connectivity index (χ0) is 16.7. The van der Waals surface area contributed by atoms with E-state index < -0.39 is 0 Å². The van der Waals surface area contributed by atoms with Gasteiger partial charge >= 0.3 is 0 Å². The van der Waals surface area contributed by atoms with E-state index in [1.54, 1.807) is 19.1 Å². The Morgan fingerprint density at radius 3 is 1.83 bits per heavy atom. The first-order valence-electron chi connectivity index (χ1n) is 7.40. The third kappa shape index (κ3) is 4.72. The number of carbonyl (C=O) groups excluding carboxylic acids is 1. The number of nitrogens with two attached hydrogens (primary N) is 1. The molecule has 0 aliphatic rings. The molecule has 5 heteroatoms. The van der Waals surface area contributed by atoms with Gasteiger partial charge in [-0.05, 0) is 35.4 Å². The van der Waals surface area contributed by atoms with Gasteiger partial charge in [-0.3, -0.25) is 4.79 Å². The Bertz CT molecular complexity index is 609. The Hall–Kier alpha value is -2.53. The van der Waals surface area contributed by atoms with Gasteiger partial charge < -0.3 is 20.1 Å². The molecule has 23 heavy (non-hydrogen) atoms. The van der Waals surface area contributed by atoms with Crippen LogP contribution in [0.5, 0.6) is 11.5 Å². The van der Waals surface area contributed by atoms with Crippen molar-refractivity contribution in [2.45, 2.75) is 13.1 Å². The lowest BCUT2D eigenvalue weighted by Crippen LogP contribution is -2.35. The Morgan fingerprint density at radius 1 is 0.957 bits per heavy atom. The van der Waals surface area contributed by atoms with E-state index in [0.29, 0.717) is 13.1 Å². The SMILES string of the molecule is COc1cccc(CN(Cc2cccc(OC)c2)C(=O)CN)c1. The normalized spacial score (nSPS) is 10.2. The number of rotatable bonds is 7. The van der Waals surface area contributed by atoms with E-state index in [2.05, 4.69) is 0 Å². The van der Waals surface area contributed by atoms with Crippen molar-refractivity contribution < 1.29 is 14.3 Å². The van der Waals surface area contributed by atoms with E-state index in [-0.39, 0.29) is 12.5 Å². The van der Waals surface area contributed by atoms with Crippen LogP contribution in [-0.4, -0.2) is 31.6 Å². The van der Waals surface area contributed by atoms with Crippen molar-refractivity contribution in [1.82, 2.24) is 4.90 Å². The number of ether oxygens (including phenoxy) is 2. The quantitative estimate of drug-likeness (QED) is 0.851. The lowest BCUT2D eigenvalue weighted by molar-refractivity contribution is -0.130. The van der Waals surface area contributed by atoms with Gasteiger partial charge in [-0.2, -0.15) is 0 Å². The van der Waals surface area contributed by atoms with Gasteiger partial charge in [0.15, 0.2) is 0 Å². The maximum atomic E-state index is 12.2. The average Bonchev–Trinajstić information content (AvgIpc) is 2.60. The minimum Gasteiger partial charge on any atom is -0.497 e. The summed E-state index contributed by atoms with van der Waals surface area (Å²) in [4.78, 5) is 13.9. The Labute approximate surface area is 136 Å². The van der Waals surface area contributed by atoms with Gasteiger partial charge in [-0.1, -0.05) is 24.3 Å². The molecular formula is C18H22N2O3. The highest BCUT2D eigenvalue weighted by atomic mass is 16.5. The fourth-order valence-corrected chi connectivity index (χ4v) is 2.34. The van der Waals surface area contributed by atoms with Crippen molar-refractivity contribution in [3.8, 4) is 11.5 Å². The van der Waals surface area contributed by atoms with E-state index >= 15 is 0 Å². The van der Waals surface area contributed by atoms with Gasteiger partial charge in [0.2, 0.25) is 5.91 Å². The third-order valence-electron chi connectivity index (χ3n) is 3.54. The largest absolute Gasteiger partial charge is 0.497 e. The molecule has 0 heterocycles. The molecule has 0 bridgehead atoms. The van der Waals surface area contributed by atoms with E-state index in [1.807, 2.05) is 48.5 Å². The first-order valence-corrected chi connectivity index (χ1v) is 7.40. The van der Waals surface area contributed by atoms with Crippen LogP contribution in [0.25, 0.3) is 0 Å². The minimum absolute atomic E-state index is 0.0199. The van der Waals surface area contributed by atoms with Gasteiger partial charge in [-0.15, -0.1) is 0 Å². The number of methoxy groups -OCH3 is 2. The average molecular weight is 314 g/mol. The minimum atomic E-state index is -0.101. The van der Waals surface area contributed by atoms with Crippen LogP contribution in [0.2, 0.25) is 0 Å². The fraction of sp³-hybridized carbons (Fsp3) is 0.278. The maximum Gasteiger partial charge on any atom is 0.236 e. The fourth-order valence-electron chi connectivity index (χ4n) is 2.34. The second-order valence-electron chi connectivity index (χ2n) is 5.16. The summed E-state index contributed by atoms with van der Waals surface area (Å²) in [7, 11) is 3.25. The molecule has 0 atom stereocenters. The number of hydrogen-bond acceptors (Lipinski definition) is 4. The first-order chi connectivity index (χ1) is 11.2. The molecule has 0 radical (unpaired) electrons. The van der Waals surface area contributed by atoms with Crippen LogP contribution in [0.15, 0.2) is 48.5 Å². The van der Waals surface area contributed by atoms with E-state index in [0.717, 1.165) is 22.6 Å². The van der Waals surface area contributed by atoms with Crippen LogP contribution in [0.3, 0.4) is 0 Å². The summed E-state index contributed by atoms with van der Waals surface area (Å²) in [5.41, 5.74) is 7.54. The summed E-state index contributed by atoms with van der Waals surface area (Å²) in [6.45, 7) is 0.933. The zero-order valence-corrected chi connectivity index (χ0v) is 13.5. The molecule has 2 N–H and O–H groups in total. The van der Waals surface area contributed by atoms with Crippen LogP contribution < -0.4 is 15.2 Å². The summed E-state index contributed by atoms with van der Waals surface area (Å²) in [5, 5.41) is 0. The second kappa shape index (κ2) is 8.19. The number of carbonyl (C=O) groups is 1. The van der Waals surface area contributed by atoms with E-state index in [4.69, 9.17) is 15.2 Å². The predicted molar refractivity (Wildman–Crippen MR) is 89.3 cm³/mol. The van der Waals surface area contributed by atoms with Gasteiger partial charge in [0, 0.05) is 13.1 Å². The highest BCUT2D eigenvalue weighted by Crippen LogP contribution is 2.18. The van der Waals surface area contributed by atoms with Gasteiger partial charge in [0.05, 0.1) is 20.8 Å². The molecule has 0 aliphatic heterocycles. The van der Waals surface area contributed by atoms with Crippen molar-refractivity contribution in [2.24, 2.45) is 5.73 Å². The van der Waals surface area contributed by atoms with Gasteiger partial charge in [0.1, 0.15) is 11.5 Å². The molecular weight excluding hydrogens is 292 g/mol. The molecule has 0 aromatic heterocycles. The zero-order valence-electron chi connectivity index (χ0n) is 13.5. The lowest BCUT2D eigenvalue weighted by atomic mass is 10.1. The Morgan fingerprint density at radius 2 is 1.43 bits per heavy atom. The summed E-state index contributed by atoms with van der Waals surface area (Å²) in [6.07, 6.45) is 0. The van der Waals surface area contributed by atoms with Gasteiger partial charge in [-0.25, -0.2) is 0 Å². The molecule has 2 aromatic carbocycles. The van der Waals surface area contributed by atoms with E-state index in [9.17, 15) is 4.79 Å². The van der Waals surface area contributed by atoms with Crippen molar-refractivity contribution in [3.63, 3.8) is 0 Å². The van der Waals surface area contributed by atoms with Crippen LogP contribution in [0.1, 0.15) is 11.1 Å². The summed E-state index contributed by atoms with van der Waals surface area (Å²) in [6, 6.07) is 15.3. The molecule has 0 saturated heterocycles. The second-order valence-corrected chi connectivity index (χ2v) is 5.16. The number of benzene rings is 2. The summed E-state index contributed by atoms with van der Waals surface area (Å²) >= 11 is 0. The van der Waals surface area contributed by atoms with Crippen molar-refractivity contribution in [3.05, 3.63) is 59.7 Å².